The van der Waals surface area contributed by atoms with Crippen molar-refractivity contribution in [3.05, 3.63) is 80.7 Å². The van der Waals surface area contributed by atoms with Crippen LogP contribution in [0.5, 0.6) is 0 Å². The molecular formula is C35H37ClF3N7O5. The van der Waals surface area contributed by atoms with Gasteiger partial charge in [0.25, 0.3) is 5.56 Å². The van der Waals surface area contributed by atoms with Gasteiger partial charge in [-0.2, -0.15) is 22.7 Å². The number of benzene rings is 2. The van der Waals surface area contributed by atoms with E-state index in [4.69, 9.17) is 26.1 Å². The molecule has 12 nitrogen and oxygen atoms in total. The third kappa shape index (κ3) is 7.45. The number of hydrogen-bond donors (Lipinski definition) is 1. The van der Waals surface area contributed by atoms with Crippen LogP contribution in [0.2, 0.25) is 5.02 Å². The molecule has 0 bridgehead atoms. The van der Waals surface area contributed by atoms with Gasteiger partial charge in [0, 0.05) is 31.7 Å². The Bertz CT molecular complexity index is 2100. The maximum Gasteiger partial charge on any atom is 0.416 e. The lowest BCUT2D eigenvalue weighted by atomic mass is 10.1. The zero-order valence-electron chi connectivity index (χ0n) is 28.6. The lowest BCUT2D eigenvalue weighted by molar-refractivity contribution is -0.116. The number of ether oxygens (including phenoxy) is 2. The first-order valence-corrected chi connectivity index (χ1v) is 16.7. The fraction of sp³-hybridized carbons (Fsp3) is 0.400. The zero-order chi connectivity index (χ0) is 36.8. The summed E-state index contributed by atoms with van der Waals surface area (Å²) in [5.74, 6) is -0.175. The molecule has 2 aromatic heterocycles. The summed E-state index contributed by atoms with van der Waals surface area (Å²) in [5.41, 5.74) is 1.23. The van der Waals surface area contributed by atoms with Gasteiger partial charge in [-0.1, -0.05) is 43.3 Å². The van der Waals surface area contributed by atoms with Gasteiger partial charge in [-0.25, -0.2) is 4.79 Å². The van der Waals surface area contributed by atoms with Crippen molar-refractivity contribution in [2.45, 2.75) is 65.7 Å². The second kappa shape index (κ2) is 13.7. The summed E-state index contributed by atoms with van der Waals surface area (Å²) in [5, 5.41) is 7.16. The molecule has 1 fully saturated rings. The molecule has 0 unspecified atom stereocenters. The quantitative estimate of drug-likeness (QED) is 0.243. The lowest BCUT2D eigenvalue weighted by Crippen LogP contribution is -2.51. The van der Waals surface area contributed by atoms with E-state index in [0.717, 1.165) is 17.2 Å². The van der Waals surface area contributed by atoms with E-state index in [1.165, 1.54) is 16.6 Å². The first kappa shape index (κ1) is 35.9. The number of aromatic nitrogens is 4. The standard InChI is InChI=1S/C35H37ClF3N7O5/c1-6-27-29(43-11-13-44(14-12-43)33(49)51-34(3,4)5)31(48)46-32(41-30(42-46)22-7-8-23-18-50-19-24(23)15-22)45(27)17-28(47)40-26-10-9-21(16-25(26)36)20(2)35(37,38)39/h7-10,15-16H,2,6,11-14,17-19H2,1,3-5H3,(H,40,47). The Morgan fingerprint density at radius 3 is 2.39 bits per heavy atom. The number of nitrogens with zero attached hydrogens (tertiary/aromatic N) is 6. The molecule has 16 heteroatoms. The van der Waals surface area contributed by atoms with Crippen molar-refractivity contribution in [3.63, 3.8) is 0 Å². The lowest BCUT2D eigenvalue weighted by Gasteiger charge is -2.37. The minimum absolute atomic E-state index is 0.0940. The van der Waals surface area contributed by atoms with Crippen molar-refractivity contribution in [2.24, 2.45) is 0 Å². The highest BCUT2D eigenvalue weighted by atomic mass is 35.5. The highest BCUT2D eigenvalue weighted by Crippen LogP contribution is 2.35. The van der Waals surface area contributed by atoms with Crippen LogP contribution in [0.15, 0.2) is 47.8 Å². The molecule has 2 amide bonds. The van der Waals surface area contributed by atoms with Gasteiger partial charge in [-0.3, -0.25) is 9.59 Å². The number of alkyl halides is 3. The number of amides is 2. The number of rotatable bonds is 7. The summed E-state index contributed by atoms with van der Waals surface area (Å²) in [6, 6.07) is 9.22. The molecule has 6 rings (SSSR count). The molecule has 0 radical (unpaired) electrons. The van der Waals surface area contributed by atoms with Crippen molar-refractivity contribution < 1.29 is 32.2 Å². The second-order valence-electron chi connectivity index (χ2n) is 13.3. The number of hydrogen-bond acceptors (Lipinski definition) is 8. The molecule has 51 heavy (non-hydrogen) atoms. The van der Waals surface area contributed by atoms with Gasteiger partial charge in [0.15, 0.2) is 5.82 Å². The molecule has 1 saturated heterocycles. The largest absolute Gasteiger partial charge is 0.444 e. The van der Waals surface area contributed by atoms with E-state index < -0.39 is 34.9 Å². The van der Waals surface area contributed by atoms with Crippen LogP contribution < -0.4 is 15.8 Å². The van der Waals surface area contributed by atoms with E-state index in [0.29, 0.717) is 62.8 Å². The van der Waals surface area contributed by atoms with Crippen molar-refractivity contribution in [3.8, 4) is 11.4 Å². The first-order chi connectivity index (χ1) is 24.0. The number of anilines is 2. The van der Waals surface area contributed by atoms with Crippen LogP contribution in [0.4, 0.5) is 29.3 Å². The fourth-order valence-electron chi connectivity index (χ4n) is 6.10. The summed E-state index contributed by atoms with van der Waals surface area (Å²) < 4.78 is 53.5. The smallest absolute Gasteiger partial charge is 0.416 e. The summed E-state index contributed by atoms with van der Waals surface area (Å²) in [6.07, 6.45) is -4.77. The average Bonchev–Trinajstić information content (AvgIpc) is 3.73. The normalized spacial score (nSPS) is 14.9. The Balaban J connectivity index is 1.37. The number of fused-ring (bicyclic) bond motifs is 2. The van der Waals surface area contributed by atoms with E-state index in [9.17, 15) is 27.6 Å². The maximum atomic E-state index is 14.2. The Morgan fingerprint density at radius 1 is 1.04 bits per heavy atom. The van der Waals surface area contributed by atoms with Gasteiger partial charge in [0.1, 0.15) is 17.8 Å². The van der Waals surface area contributed by atoms with Crippen molar-refractivity contribution in [2.75, 3.05) is 36.4 Å². The van der Waals surface area contributed by atoms with Gasteiger partial charge in [-0.15, -0.1) is 5.10 Å². The first-order valence-electron chi connectivity index (χ1n) is 16.3. The monoisotopic (exact) mass is 727 g/mol. The highest BCUT2D eigenvalue weighted by Gasteiger charge is 2.34. The Labute approximate surface area is 296 Å². The number of piperazine rings is 1. The van der Waals surface area contributed by atoms with Gasteiger partial charge in [0.2, 0.25) is 11.7 Å². The van der Waals surface area contributed by atoms with Crippen LogP contribution >= 0.6 is 11.6 Å². The van der Waals surface area contributed by atoms with Crippen LogP contribution in [0.25, 0.3) is 22.7 Å². The minimum Gasteiger partial charge on any atom is -0.444 e. The molecule has 2 aliphatic heterocycles. The molecule has 0 spiro atoms. The molecule has 2 aromatic carbocycles. The number of carbonyl (C=O) groups excluding carboxylic acids is 2. The van der Waals surface area contributed by atoms with Gasteiger partial charge < -0.3 is 29.2 Å². The van der Waals surface area contributed by atoms with Crippen LogP contribution in [-0.2, 0) is 40.4 Å². The maximum absolute atomic E-state index is 14.2. The number of carbonyl (C=O) groups is 2. The molecule has 2 aliphatic rings. The van der Waals surface area contributed by atoms with E-state index in [2.05, 4.69) is 17.0 Å². The summed E-state index contributed by atoms with van der Waals surface area (Å²) in [6.45, 7) is 12.2. The summed E-state index contributed by atoms with van der Waals surface area (Å²) >= 11 is 6.30. The number of halogens is 4. The Kier molecular flexibility index (Phi) is 9.63. The summed E-state index contributed by atoms with van der Waals surface area (Å²) in [4.78, 5) is 48.8. The third-order valence-corrected chi connectivity index (χ3v) is 8.94. The van der Waals surface area contributed by atoms with E-state index in [1.54, 1.807) is 30.2 Å². The Hall–Kier alpha value is -4.89. The molecule has 0 saturated carbocycles. The van der Waals surface area contributed by atoms with Crippen LogP contribution in [0, 0.1) is 0 Å². The van der Waals surface area contributed by atoms with Crippen LogP contribution in [0.3, 0.4) is 0 Å². The molecule has 0 atom stereocenters. The van der Waals surface area contributed by atoms with E-state index >= 15 is 0 Å². The summed E-state index contributed by atoms with van der Waals surface area (Å²) in [7, 11) is 0. The predicted octanol–water partition coefficient (Wildman–Crippen LogP) is 6.08. The van der Waals surface area contributed by atoms with Crippen molar-refractivity contribution >= 4 is 46.3 Å². The average molecular weight is 728 g/mol. The SMILES string of the molecule is C=C(c1ccc(NC(=O)Cn2c(CC)c(N3CCN(C(=O)OC(C)(C)C)CC3)c(=O)n3nc(-c4ccc5c(c4)COC5)nc23)c(Cl)c1)C(F)(F)F. The molecule has 270 valence electrons. The molecular weight excluding hydrogens is 691 g/mol. The Morgan fingerprint density at radius 2 is 1.75 bits per heavy atom. The number of allylic oxidation sites excluding steroid dienone is 1. The number of nitrogens with one attached hydrogen (secondary N) is 1. The van der Waals surface area contributed by atoms with Crippen molar-refractivity contribution in [1.29, 1.82) is 0 Å². The van der Waals surface area contributed by atoms with Gasteiger partial charge >= 0.3 is 12.3 Å². The fourth-order valence-corrected chi connectivity index (χ4v) is 6.33. The molecule has 4 aromatic rings. The van der Waals surface area contributed by atoms with Crippen LogP contribution in [0.1, 0.15) is 50.1 Å². The van der Waals surface area contributed by atoms with Gasteiger partial charge in [0.05, 0.1) is 35.2 Å². The van der Waals surface area contributed by atoms with Gasteiger partial charge in [-0.05, 0) is 62.1 Å². The second-order valence-corrected chi connectivity index (χ2v) is 13.7. The van der Waals surface area contributed by atoms with Crippen molar-refractivity contribution in [1.82, 2.24) is 24.1 Å². The minimum atomic E-state index is -4.65. The third-order valence-electron chi connectivity index (χ3n) is 8.62. The molecule has 1 N–H and O–H groups in total. The predicted molar refractivity (Wildman–Crippen MR) is 186 cm³/mol. The topological polar surface area (TPSA) is 123 Å². The van der Waals surface area contributed by atoms with E-state index in [-0.39, 0.29) is 34.4 Å². The molecule has 4 heterocycles. The van der Waals surface area contributed by atoms with Crippen LogP contribution in [-0.4, -0.2) is 74.0 Å². The zero-order valence-corrected chi connectivity index (χ0v) is 29.3. The molecule has 0 aliphatic carbocycles. The highest BCUT2D eigenvalue weighted by molar-refractivity contribution is 6.33. The van der Waals surface area contributed by atoms with E-state index in [1.807, 2.05) is 30.0 Å².